The van der Waals surface area contributed by atoms with Gasteiger partial charge in [-0.15, -0.1) is 24.0 Å². The maximum Gasteiger partial charge on any atom is 0.191 e. The lowest BCUT2D eigenvalue weighted by Gasteiger charge is -2.17. The molecular formula is C17H28IN3OS. The Morgan fingerprint density at radius 2 is 2.04 bits per heavy atom. The van der Waals surface area contributed by atoms with Crippen LogP contribution >= 0.6 is 35.7 Å². The number of hydrogen-bond donors (Lipinski definition) is 2. The molecule has 0 amide bonds. The van der Waals surface area contributed by atoms with Crippen LogP contribution < -0.4 is 15.4 Å². The predicted molar refractivity (Wildman–Crippen MR) is 111 cm³/mol. The maximum absolute atomic E-state index is 5.18. The molecule has 2 unspecified atom stereocenters. The number of halogens is 1. The van der Waals surface area contributed by atoms with Crippen LogP contribution in [0.3, 0.4) is 0 Å². The zero-order valence-electron chi connectivity index (χ0n) is 14.2. The van der Waals surface area contributed by atoms with Crippen LogP contribution in [0.15, 0.2) is 29.3 Å². The minimum atomic E-state index is 0. The SMILES string of the molecule is CCNC(=NCc1ccc(OC)cc1)NC1CCC(SC)C1.I. The highest BCUT2D eigenvalue weighted by atomic mass is 127. The van der Waals surface area contributed by atoms with Gasteiger partial charge in [0, 0.05) is 17.8 Å². The number of guanidine groups is 1. The zero-order chi connectivity index (χ0) is 15.8. The predicted octanol–water partition coefficient (Wildman–Crippen LogP) is 3.65. The molecule has 0 radical (unpaired) electrons. The first-order valence-corrected chi connectivity index (χ1v) is 9.24. The summed E-state index contributed by atoms with van der Waals surface area (Å²) < 4.78 is 5.18. The van der Waals surface area contributed by atoms with Gasteiger partial charge < -0.3 is 15.4 Å². The van der Waals surface area contributed by atoms with Gasteiger partial charge in [-0.3, -0.25) is 0 Å². The van der Waals surface area contributed by atoms with E-state index in [1.807, 2.05) is 23.9 Å². The van der Waals surface area contributed by atoms with E-state index in [0.717, 1.165) is 23.5 Å². The lowest BCUT2D eigenvalue weighted by atomic mass is 10.2. The third-order valence-electron chi connectivity index (χ3n) is 3.98. The largest absolute Gasteiger partial charge is 0.497 e. The minimum Gasteiger partial charge on any atom is -0.497 e. The summed E-state index contributed by atoms with van der Waals surface area (Å²) in [5.41, 5.74) is 1.19. The van der Waals surface area contributed by atoms with Crippen LogP contribution in [0.4, 0.5) is 0 Å². The Hall–Kier alpha value is -0.630. The van der Waals surface area contributed by atoms with Crippen LogP contribution in [0, 0.1) is 0 Å². The van der Waals surface area contributed by atoms with E-state index in [2.05, 4.69) is 35.9 Å². The summed E-state index contributed by atoms with van der Waals surface area (Å²) in [4.78, 5) is 4.70. The molecule has 2 atom stereocenters. The number of ether oxygens (including phenoxy) is 1. The molecule has 130 valence electrons. The molecule has 0 saturated heterocycles. The highest BCUT2D eigenvalue weighted by Gasteiger charge is 2.24. The van der Waals surface area contributed by atoms with E-state index in [4.69, 9.17) is 9.73 Å². The van der Waals surface area contributed by atoms with Gasteiger partial charge in [0.25, 0.3) is 0 Å². The molecule has 0 aliphatic heterocycles. The molecule has 1 aliphatic carbocycles. The van der Waals surface area contributed by atoms with Crippen LogP contribution in [-0.4, -0.2) is 37.2 Å². The van der Waals surface area contributed by atoms with E-state index in [0.29, 0.717) is 12.6 Å². The summed E-state index contributed by atoms with van der Waals surface area (Å²) in [6, 6.07) is 8.62. The van der Waals surface area contributed by atoms with Crippen LogP contribution in [0.5, 0.6) is 5.75 Å². The van der Waals surface area contributed by atoms with E-state index in [1.165, 1.54) is 24.8 Å². The van der Waals surface area contributed by atoms with Crippen LogP contribution in [0.2, 0.25) is 0 Å². The second kappa shape index (κ2) is 11.0. The topological polar surface area (TPSA) is 45.7 Å². The van der Waals surface area contributed by atoms with Crippen LogP contribution in [0.1, 0.15) is 31.7 Å². The molecule has 1 fully saturated rings. The zero-order valence-corrected chi connectivity index (χ0v) is 17.3. The number of rotatable bonds is 6. The Kier molecular flexibility index (Phi) is 9.78. The van der Waals surface area contributed by atoms with Crippen molar-refractivity contribution in [3.63, 3.8) is 0 Å². The monoisotopic (exact) mass is 449 g/mol. The third-order valence-corrected chi connectivity index (χ3v) is 5.08. The maximum atomic E-state index is 5.18. The Bertz CT molecular complexity index is 481. The van der Waals surface area contributed by atoms with Gasteiger partial charge >= 0.3 is 0 Å². The Balaban J connectivity index is 0.00000264. The first kappa shape index (κ1) is 20.4. The first-order valence-electron chi connectivity index (χ1n) is 7.95. The van der Waals surface area contributed by atoms with Gasteiger partial charge in [-0.05, 0) is 50.1 Å². The number of nitrogens with zero attached hydrogens (tertiary/aromatic N) is 1. The number of aliphatic imine (C=N–C) groups is 1. The second-order valence-corrected chi connectivity index (χ2v) is 6.69. The van der Waals surface area contributed by atoms with Gasteiger partial charge in [0.1, 0.15) is 5.75 Å². The second-order valence-electron chi connectivity index (χ2n) is 5.56. The van der Waals surface area contributed by atoms with E-state index in [-0.39, 0.29) is 24.0 Å². The molecule has 0 heterocycles. The standard InChI is InChI=1S/C17H27N3OS.HI/c1-4-18-17(20-14-7-10-16(11-14)22-3)19-12-13-5-8-15(21-2)9-6-13;/h5-6,8-9,14,16H,4,7,10-12H2,1-3H3,(H2,18,19,20);1H. The number of nitrogens with one attached hydrogen (secondary N) is 2. The fourth-order valence-corrected chi connectivity index (χ4v) is 3.50. The van der Waals surface area contributed by atoms with E-state index < -0.39 is 0 Å². The van der Waals surface area contributed by atoms with Gasteiger partial charge in [-0.1, -0.05) is 12.1 Å². The summed E-state index contributed by atoms with van der Waals surface area (Å²) in [5, 5.41) is 7.71. The Morgan fingerprint density at radius 1 is 1.30 bits per heavy atom. The van der Waals surface area contributed by atoms with Gasteiger partial charge in [0.2, 0.25) is 0 Å². The fourth-order valence-electron chi connectivity index (χ4n) is 2.70. The van der Waals surface area contributed by atoms with Crippen molar-refractivity contribution in [2.24, 2.45) is 4.99 Å². The molecule has 2 N–H and O–H groups in total. The summed E-state index contributed by atoms with van der Waals surface area (Å²) in [6.07, 6.45) is 5.97. The smallest absolute Gasteiger partial charge is 0.191 e. The number of methoxy groups -OCH3 is 1. The first-order chi connectivity index (χ1) is 10.7. The van der Waals surface area contributed by atoms with E-state index in [1.54, 1.807) is 7.11 Å². The molecule has 6 heteroatoms. The van der Waals surface area contributed by atoms with Crippen molar-refractivity contribution >= 4 is 41.7 Å². The van der Waals surface area contributed by atoms with Gasteiger partial charge in [0.15, 0.2) is 5.96 Å². The molecule has 0 spiro atoms. The highest BCUT2D eigenvalue weighted by Crippen LogP contribution is 2.28. The van der Waals surface area contributed by atoms with Crippen molar-refractivity contribution in [2.75, 3.05) is 19.9 Å². The number of thioether (sulfide) groups is 1. The van der Waals surface area contributed by atoms with Crippen molar-refractivity contribution in [3.05, 3.63) is 29.8 Å². The highest BCUT2D eigenvalue weighted by molar-refractivity contribution is 14.0. The minimum absolute atomic E-state index is 0. The Morgan fingerprint density at radius 3 is 2.61 bits per heavy atom. The lowest BCUT2D eigenvalue weighted by Crippen LogP contribution is -2.42. The quantitative estimate of drug-likeness (QED) is 0.396. The number of benzene rings is 1. The van der Waals surface area contributed by atoms with Crippen LogP contribution in [0.25, 0.3) is 0 Å². The van der Waals surface area contributed by atoms with Crippen LogP contribution in [-0.2, 0) is 6.54 Å². The van der Waals surface area contributed by atoms with Gasteiger partial charge in [-0.25, -0.2) is 4.99 Å². The van der Waals surface area contributed by atoms with Crippen molar-refractivity contribution in [2.45, 2.75) is 44.0 Å². The molecule has 1 aliphatic rings. The summed E-state index contributed by atoms with van der Waals surface area (Å²) in [7, 11) is 1.68. The summed E-state index contributed by atoms with van der Waals surface area (Å²) in [6.45, 7) is 3.66. The van der Waals surface area contributed by atoms with Crippen molar-refractivity contribution in [1.82, 2.24) is 10.6 Å². The summed E-state index contributed by atoms with van der Waals surface area (Å²) >= 11 is 1.98. The lowest BCUT2D eigenvalue weighted by molar-refractivity contribution is 0.414. The normalized spacial score (nSPS) is 20.7. The van der Waals surface area contributed by atoms with E-state index >= 15 is 0 Å². The van der Waals surface area contributed by atoms with Crippen molar-refractivity contribution in [1.29, 1.82) is 0 Å². The molecule has 0 aromatic heterocycles. The number of hydrogen-bond acceptors (Lipinski definition) is 3. The molecular weight excluding hydrogens is 421 g/mol. The molecule has 1 aromatic rings. The molecule has 1 aromatic carbocycles. The molecule has 2 rings (SSSR count). The molecule has 4 nitrogen and oxygen atoms in total. The average Bonchev–Trinajstić information content (AvgIpc) is 3.01. The average molecular weight is 449 g/mol. The van der Waals surface area contributed by atoms with Crippen molar-refractivity contribution < 1.29 is 4.74 Å². The fraction of sp³-hybridized carbons (Fsp3) is 0.588. The van der Waals surface area contributed by atoms with Crippen molar-refractivity contribution in [3.8, 4) is 5.75 Å². The molecule has 23 heavy (non-hydrogen) atoms. The Labute approximate surface area is 161 Å². The third kappa shape index (κ3) is 6.79. The van der Waals surface area contributed by atoms with Gasteiger partial charge in [0.05, 0.1) is 13.7 Å². The molecule has 1 saturated carbocycles. The summed E-state index contributed by atoms with van der Waals surface area (Å²) in [5.74, 6) is 1.80. The van der Waals surface area contributed by atoms with E-state index in [9.17, 15) is 0 Å². The van der Waals surface area contributed by atoms with Gasteiger partial charge in [-0.2, -0.15) is 11.8 Å². The molecule has 0 bridgehead atoms.